The van der Waals surface area contributed by atoms with Crippen molar-refractivity contribution in [1.29, 1.82) is 0 Å². The van der Waals surface area contributed by atoms with E-state index in [1.807, 2.05) is 24.3 Å². The molecule has 0 atom stereocenters. The maximum atomic E-state index is 12.8. The number of amides is 2. The van der Waals surface area contributed by atoms with E-state index in [9.17, 15) is 9.59 Å². The molecule has 2 amide bonds. The SMILES string of the molecule is COc1ccc(-c2coc3cc(OC)c(/C(C)=C/C(=O)Nc4ccccc4C(N)=O)cc23)cc1OC. The van der Waals surface area contributed by atoms with Gasteiger partial charge in [0.05, 0.1) is 38.8 Å². The molecule has 1 heterocycles. The van der Waals surface area contributed by atoms with E-state index in [4.69, 9.17) is 24.4 Å². The number of carbonyl (C=O) groups is 2. The molecule has 184 valence electrons. The summed E-state index contributed by atoms with van der Waals surface area (Å²) in [6, 6.07) is 15.9. The van der Waals surface area contributed by atoms with Gasteiger partial charge < -0.3 is 29.7 Å². The Morgan fingerprint density at radius 1 is 0.889 bits per heavy atom. The van der Waals surface area contributed by atoms with Crippen molar-refractivity contribution in [1.82, 2.24) is 0 Å². The fourth-order valence-corrected chi connectivity index (χ4v) is 4.01. The van der Waals surface area contributed by atoms with Crippen molar-refractivity contribution in [3.8, 4) is 28.4 Å². The van der Waals surface area contributed by atoms with Crippen molar-refractivity contribution in [2.24, 2.45) is 5.73 Å². The molecule has 0 bridgehead atoms. The molecule has 0 aliphatic carbocycles. The summed E-state index contributed by atoms with van der Waals surface area (Å²) < 4.78 is 22.2. The summed E-state index contributed by atoms with van der Waals surface area (Å²) in [4.78, 5) is 24.4. The molecule has 3 aromatic carbocycles. The van der Waals surface area contributed by atoms with Gasteiger partial charge in [-0.3, -0.25) is 9.59 Å². The van der Waals surface area contributed by atoms with Crippen LogP contribution in [0.5, 0.6) is 17.2 Å². The highest BCUT2D eigenvalue weighted by Gasteiger charge is 2.17. The molecule has 0 aliphatic heterocycles. The largest absolute Gasteiger partial charge is 0.496 e. The Kier molecular flexibility index (Phi) is 6.96. The lowest BCUT2D eigenvalue weighted by Crippen LogP contribution is -2.17. The number of fused-ring (bicyclic) bond motifs is 1. The summed E-state index contributed by atoms with van der Waals surface area (Å²) in [6.07, 6.45) is 3.11. The molecular formula is C28H26N2O6. The number of hydrogen-bond donors (Lipinski definition) is 2. The van der Waals surface area contributed by atoms with Gasteiger partial charge in [-0.2, -0.15) is 0 Å². The van der Waals surface area contributed by atoms with Gasteiger partial charge >= 0.3 is 0 Å². The van der Waals surface area contributed by atoms with E-state index in [2.05, 4.69) is 5.32 Å². The van der Waals surface area contributed by atoms with E-state index in [0.29, 0.717) is 39.7 Å². The van der Waals surface area contributed by atoms with E-state index in [0.717, 1.165) is 16.5 Å². The summed E-state index contributed by atoms with van der Waals surface area (Å²) in [5, 5.41) is 3.56. The molecule has 0 spiro atoms. The van der Waals surface area contributed by atoms with Crippen molar-refractivity contribution >= 4 is 34.0 Å². The number of nitrogens with two attached hydrogens (primary N) is 1. The zero-order valence-electron chi connectivity index (χ0n) is 20.4. The third-order valence-corrected chi connectivity index (χ3v) is 5.81. The minimum atomic E-state index is -0.624. The second-order valence-electron chi connectivity index (χ2n) is 7.99. The summed E-state index contributed by atoms with van der Waals surface area (Å²) in [5.41, 5.74) is 9.71. The van der Waals surface area contributed by atoms with Crippen LogP contribution in [-0.4, -0.2) is 33.1 Å². The molecule has 8 heteroatoms. The van der Waals surface area contributed by atoms with Crippen molar-refractivity contribution in [3.63, 3.8) is 0 Å². The summed E-state index contributed by atoms with van der Waals surface area (Å²) in [5.74, 6) is 0.744. The van der Waals surface area contributed by atoms with Crippen LogP contribution in [0.1, 0.15) is 22.8 Å². The Balaban J connectivity index is 1.73. The summed E-state index contributed by atoms with van der Waals surface area (Å²) in [6.45, 7) is 1.80. The molecular weight excluding hydrogens is 460 g/mol. The fraction of sp³-hybridized carbons (Fsp3) is 0.143. The first-order chi connectivity index (χ1) is 17.4. The molecule has 0 radical (unpaired) electrons. The average Bonchev–Trinajstić information content (AvgIpc) is 3.30. The van der Waals surface area contributed by atoms with Gasteiger partial charge in [0.1, 0.15) is 11.3 Å². The lowest BCUT2D eigenvalue weighted by Gasteiger charge is -2.11. The maximum Gasteiger partial charge on any atom is 0.250 e. The zero-order chi connectivity index (χ0) is 25.8. The molecule has 8 nitrogen and oxygen atoms in total. The van der Waals surface area contributed by atoms with E-state index in [1.54, 1.807) is 64.8 Å². The highest BCUT2D eigenvalue weighted by molar-refractivity contribution is 6.09. The number of para-hydroxylation sites is 1. The van der Waals surface area contributed by atoms with Gasteiger partial charge in [-0.05, 0) is 48.4 Å². The second kappa shape index (κ2) is 10.3. The molecule has 0 fully saturated rings. The topological polar surface area (TPSA) is 113 Å². The normalized spacial score (nSPS) is 11.3. The predicted molar refractivity (Wildman–Crippen MR) is 139 cm³/mol. The third kappa shape index (κ3) is 4.74. The van der Waals surface area contributed by atoms with Gasteiger partial charge in [0.2, 0.25) is 5.91 Å². The van der Waals surface area contributed by atoms with Crippen LogP contribution >= 0.6 is 0 Å². The van der Waals surface area contributed by atoms with Crippen LogP contribution in [0, 0.1) is 0 Å². The van der Waals surface area contributed by atoms with E-state index in [-0.39, 0.29) is 5.56 Å². The van der Waals surface area contributed by atoms with Gasteiger partial charge in [-0.1, -0.05) is 18.2 Å². The van der Waals surface area contributed by atoms with Crippen LogP contribution < -0.4 is 25.3 Å². The highest BCUT2D eigenvalue weighted by atomic mass is 16.5. The van der Waals surface area contributed by atoms with Gasteiger partial charge in [0.25, 0.3) is 5.91 Å². The number of primary amides is 1. The molecule has 0 saturated heterocycles. The lowest BCUT2D eigenvalue weighted by atomic mass is 9.99. The highest BCUT2D eigenvalue weighted by Crippen LogP contribution is 2.39. The minimum Gasteiger partial charge on any atom is -0.496 e. The molecule has 1 aromatic heterocycles. The molecule has 36 heavy (non-hydrogen) atoms. The Labute approximate surface area is 208 Å². The predicted octanol–water partition coefficient (Wildman–Crippen LogP) is 5.27. The first-order valence-corrected chi connectivity index (χ1v) is 11.1. The molecule has 0 aliphatic rings. The van der Waals surface area contributed by atoms with E-state index < -0.39 is 11.8 Å². The van der Waals surface area contributed by atoms with Gasteiger partial charge in [0.15, 0.2) is 11.5 Å². The Bertz CT molecular complexity index is 1480. The molecule has 0 unspecified atom stereocenters. The average molecular weight is 487 g/mol. The fourth-order valence-electron chi connectivity index (χ4n) is 4.01. The Hall–Kier alpha value is -4.72. The molecule has 4 rings (SSSR count). The first-order valence-electron chi connectivity index (χ1n) is 11.1. The monoisotopic (exact) mass is 486 g/mol. The number of benzene rings is 3. The number of nitrogens with one attached hydrogen (secondary N) is 1. The summed E-state index contributed by atoms with van der Waals surface area (Å²) >= 11 is 0. The van der Waals surface area contributed by atoms with E-state index >= 15 is 0 Å². The van der Waals surface area contributed by atoms with Crippen LogP contribution in [-0.2, 0) is 4.79 Å². The Morgan fingerprint density at radius 3 is 2.31 bits per heavy atom. The number of hydrogen-bond acceptors (Lipinski definition) is 6. The van der Waals surface area contributed by atoms with Gasteiger partial charge in [-0.15, -0.1) is 0 Å². The number of furan rings is 1. The Morgan fingerprint density at radius 2 is 1.61 bits per heavy atom. The molecule has 3 N–H and O–H groups in total. The zero-order valence-corrected chi connectivity index (χ0v) is 20.4. The van der Waals surface area contributed by atoms with Crippen molar-refractivity contribution in [3.05, 3.63) is 78.1 Å². The quantitative estimate of drug-likeness (QED) is 0.328. The van der Waals surface area contributed by atoms with Crippen LogP contribution in [0.3, 0.4) is 0 Å². The van der Waals surface area contributed by atoms with Crippen LogP contribution in [0.4, 0.5) is 5.69 Å². The van der Waals surface area contributed by atoms with Crippen molar-refractivity contribution in [2.75, 3.05) is 26.6 Å². The maximum absolute atomic E-state index is 12.8. The van der Waals surface area contributed by atoms with Crippen LogP contribution in [0.15, 0.2) is 71.4 Å². The van der Waals surface area contributed by atoms with Crippen LogP contribution in [0.2, 0.25) is 0 Å². The van der Waals surface area contributed by atoms with Crippen LogP contribution in [0.25, 0.3) is 27.7 Å². The summed E-state index contributed by atoms with van der Waals surface area (Å²) in [7, 11) is 4.72. The number of carbonyl (C=O) groups excluding carboxylic acids is 2. The standard InChI is InChI=1S/C28H26N2O6/c1-16(11-27(31)30-22-8-6-5-7-18(22)28(29)32)19-13-20-21(15-36-25(20)14-24(19)34-3)17-9-10-23(33-2)26(12-17)35-4/h5-15H,1-4H3,(H2,29,32)(H,30,31)/b16-11+. The van der Waals surface area contributed by atoms with Gasteiger partial charge in [0, 0.05) is 28.7 Å². The number of anilines is 1. The first kappa shape index (κ1) is 24.4. The minimum absolute atomic E-state index is 0.230. The van der Waals surface area contributed by atoms with Gasteiger partial charge in [-0.25, -0.2) is 0 Å². The number of methoxy groups -OCH3 is 3. The smallest absolute Gasteiger partial charge is 0.250 e. The number of ether oxygens (including phenoxy) is 3. The lowest BCUT2D eigenvalue weighted by molar-refractivity contribution is -0.111. The van der Waals surface area contributed by atoms with E-state index in [1.165, 1.54) is 6.08 Å². The number of allylic oxidation sites excluding steroid dienone is 1. The number of rotatable bonds is 8. The molecule has 0 saturated carbocycles. The second-order valence-corrected chi connectivity index (χ2v) is 7.99. The van der Waals surface area contributed by atoms with Crippen molar-refractivity contribution < 1.29 is 28.2 Å². The third-order valence-electron chi connectivity index (χ3n) is 5.81. The van der Waals surface area contributed by atoms with Crippen molar-refractivity contribution in [2.45, 2.75) is 6.92 Å². The molecule has 4 aromatic rings.